The highest BCUT2D eigenvalue weighted by molar-refractivity contribution is 7.13. The van der Waals surface area contributed by atoms with Gasteiger partial charge in [-0.1, -0.05) is 6.92 Å². The van der Waals surface area contributed by atoms with E-state index in [-0.39, 0.29) is 17.5 Å². The van der Waals surface area contributed by atoms with Crippen LogP contribution in [0.2, 0.25) is 0 Å². The highest BCUT2D eigenvalue weighted by Crippen LogP contribution is 2.27. The maximum atomic E-state index is 12.7. The summed E-state index contributed by atoms with van der Waals surface area (Å²) in [6, 6.07) is 0.130. The van der Waals surface area contributed by atoms with E-state index in [1.54, 1.807) is 11.6 Å². The zero-order chi connectivity index (χ0) is 18.1. The summed E-state index contributed by atoms with van der Waals surface area (Å²) in [5, 5.41) is 14.4. The first kappa shape index (κ1) is 17.6. The standard InChI is InChI=1S/C17H22N4O3S/c1-4-14-19-10(2)15(25-14)16(22)20-7-5-12(6-8-20)21-11(3)13(9-18-21)17(23)24/h9,12H,4-8H2,1-3H3,(H,23,24). The van der Waals surface area contributed by atoms with Crippen molar-refractivity contribution >= 4 is 23.2 Å². The molecular weight excluding hydrogens is 340 g/mol. The number of carboxylic acid groups (broad SMARTS) is 1. The van der Waals surface area contributed by atoms with E-state index in [2.05, 4.69) is 10.1 Å². The first-order chi connectivity index (χ1) is 11.9. The largest absolute Gasteiger partial charge is 0.478 e. The van der Waals surface area contributed by atoms with E-state index in [0.717, 1.165) is 34.8 Å². The van der Waals surface area contributed by atoms with Gasteiger partial charge < -0.3 is 10.0 Å². The number of nitrogens with zero attached hydrogens (tertiary/aromatic N) is 4. The van der Waals surface area contributed by atoms with Crippen LogP contribution in [0.15, 0.2) is 6.20 Å². The van der Waals surface area contributed by atoms with Crippen LogP contribution in [0.25, 0.3) is 0 Å². The lowest BCUT2D eigenvalue weighted by Crippen LogP contribution is -2.39. The molecule has 7 nitrogen and oxygen atoms in total. The molecule has 0 spiro atoms. The molecule has 1 saturated heterocycles. The van der Waals surface area contributed by atoms with Crippen molar-refractivity contribution in [1.82, 2.24) is 19.7 Å². The van der Waals surface area contributed by atoms with Crippen molar-refractivity contribution in [3.8, 4) is 0 Å². The van der Waals surface area contributed by atoms with E-state index in [0.29, 0.717) is 18.8 Å². The second kappa shape index (κ2) is 6.95. The Labute approximate surface area is 150 Å². The molecule has 0 saturated carbocycles. The Morgan fingerprint density at radius 3 is 2.52 bits per heavy atom. The predicted molar refractivity (Wildman–Crippen MR) is 94.3 cm³/mol. The molecule has 134 valence electrons. The van der Waals surface area contributed by atoms with Crippen molar-refractivity contribution in [3.05, 3.63) is 33.0 Å². The SMILES string of the molecule is CCc1nc(C)c(C(=O)N2CCC(n3ncc(C(=O)O)c3C)CC2)s1. The summed E-state index contributed by atoms with van der Waals surface area (Å²) in [5.74, 6) is -0.902. The van der Waals surface area contributed by atoms with Gasteiger partial charge in [-0.15, -0.1) is 11.3 Å². The molecule has 25 heavy (non-hydrogen) atoms. The van der Waals surface area contributed by atoms with Gasteiger partial charge in [-0.05, 0) is 33.1 Å². The Kier molecular flexibility index (Phi) is 4.89. The molecule has 8 heteroatoms. The Balaban J connectivity index is 1.68. The lowest BCUT2D eigenvalue weighted by atomic mass is 10.0. The molecule has 1 aliphatic heterocycles. The van der Waals surface area contributed by atoms with Crippen molar-refractivity contribution in [2.45, 2.75) is 46.1 Å². The minimum Gasteiger partial charge on any atom is -0.478 e. The maximum absolute atomic E-state index is 12.7. The van der Waals surface area contributed by atoms with Gasteiger partial charge in [0.15, 0.2) is 0 Å². The number of amides is 1. The minimum atomic E-state index is -0.955. The van der Waals surface area contributed by atoms with Gasteiger partial charge in [0.25, 0.3) is 5.91 Å². The molecule has 0 radical (unpaired) electrons. The number of thiazole rings is 1. The van der Waals surface area contributed by atoms with Gasteiger partial charge in [-0.2, -0.15) is 5.10 Å². The molecule has 0 atom stereocenters. The number of carbonyl (C=O) groups is 2. The van der Waals surface area contributed by atoms with Gasteiger partial charge >= 0.3 is 5.97 Å². The van der Waals surface area contributed by atoms with Crippen LogP contribution in [-0.4, -0.2) is 49.7 Å². The molecule has 0 bridgehead atoms. The third-order valence-corrected chi connectivity index (χ3v) is 6.00. The quantitative estimate of drug-likeness (QED) is 0.903. The molecule has 1 fully saturated rings. The fourth-order valence-electron chi connectivity index (χ4n) is 3.26. The first-order valence-corrected chi connectivity index (χ1v) is 9.27. The Morgan fingerprint density at radius 2 is 2.00 bits per heavy atom. The molecule has 2 aromatic heterocycles. The highest BCUT2D eigenvalue weighted by atomic mass is 32.1. The molecule has 1 aliphatic rings. The van der Waals surface area contributed by atoms with Crippen LogP contribution in [0.5, 0.6) is 0 Å². The van der Waals surface area contributed by atoms with Crippen LogP contribution in [0.4, 0.5) is 0 Å². The van der Waals surface area contributed by atoms with Gasteiger partial charge in [0.05, 0.1) is 28.6 Å². The Morgan fingerprint density at radius 1 is 1.32 bits per heavy atom. The molecule has 1 amide bonds. The van der Waals surface area contributed by atoms with Crippen molar-refractivity contribution in [2.24, 2.45) is 0 Å². The van der Waals surface area contributed by atoms with Crippen LogP contribution in [0, 0.1) is 13.8 Å². The smallest absolute Gasteiger partial charge is 0.339 e. The second-order valence-electron chi connectivity index (χ2n) is 6.29. The van der Waals surface area contributed by atoms with Crippen molar-refractivity contribution in [2.75, 3.05) is 13.1 Å². The summed E-state index contributed by atoms with van der Waals surface area (Å²) in [4.78, 5) is 31.0. The van der Waals surface area contributed by atoms with Gasteiger partial charge in [0.1, 0.15) is 10.4 Å². The number of hydrogen-bond donors (Lipinski definition) is 1. The van der Waals surface area contributed by atoms with E-state index >= 15 is 0 Å². The zero-order valence-electron chi connectivity index (χ0n) is 14.7. The third kappa shape index (κ3) is 3.30. The fourth-order valence-corrected chi connectivity index (χ4v) is 4.23. The zero-order valence-corrected chi connectivity index (χ0v) is 15.5. The molecular formula is C17H22N4O3S. The predicted octanol–water partition coefficient (Wildman–Crippen LogP) is 2.69. The minimum absolute atomic E-state index is 0.0524. The topological polar surface area (TPSA) is 88.3 Å². The molecule has 1 N–H and O–H groups in total. The Bertz CT molecular complexity index is 803. The summed E-state index contributed by atoms with van der Waals surface area (Å²) in [5.41, 5.74) is 1.72. The summed E-state index contributed by atoms with van der Waals surface area (Å²) < 4.78 is 1.79. The molecule has 0 unspecified atom stereocenters. The number of hydrogen-bond acceptors (Lipinski definition) is 5. The lowest BCUT2D eigenvalue weighted by molar-refractivity contribution is 0.0691. The second-order valence-corrected chi connectivity index (χ2v) is 7.38. The van der Waals surface area contributed by atoms with E-state index in [9.17, 15) is 9.59 Å². The van der Waals surface area contributed by atoms with Gasteiger partial charge in [-0.25, -0.2) is 9.78 Å². The van der Waals surface area contributed by atoms with E-state index in [4.69, 9.17) is 5.11 Å². The number of piperidine rings is 1. The summed E-state index contributed by atoms with van der Waals surface area (Å²) >= 11 is 1.48. The highest BCUT2D eigenvalue weighted by Gasteiger charge is 2.28. The number of carbonyl (C=O) groups excluding carboxylic acids is 1. The number of aromatic carboxylic acids is 1. The average Bonchev–Trinajstić information content (AvgIpc) is 3.17. The average molecular weight is 362 g/mol. The molecule has 3 rings (SSSR count). The van der Waals surface area contributed by atoms with Crippen LogP contribution >= 0.6 is 11.3 Å². The first-order valence-electron chi connectivity index (χ1n) is 8.45. The van der Waals surface area contributed by atoms with Crippen LogP contribution in [0.3, 0.4) is 0 Å². The molecule has 0 aliphatic carbocycles. The van der Waals surface area contributed by atoms with Crippen LogP contribution in [-0.2, 0) is 6.42 Å². The number of carboxylic acids is 1. The summed E-state index contributed by atoms with van der Waals surface area (Å²) in [6.45, 7) is 6.99. The van der Waals surface area contributed by atoms with Crippen molar-refractivity contribution in [1.29, 1.82) is 0 Å². The van der Waals surface area contributed by atoms with Crippen LogP contribution in [0.1, 0.15) is 62.2 Å². The van der Waals surface area contributed by atoms with E-state index < -0.39 is 5.97 Å². The normalized spacial score (nSPS) is 15.6. The monoisotopic (exact) mass is 362 g/mol. The summed E-state index contributed by atoms with van der Waals surface area (Å²) in [7, 11) is 0. The molecule has 2 aromatic rings. The maximum Gasteiger partial charge on any atom is 0.339 e. The molecule has 3 heterocycles. The number of likely N-dealkylation sites (tertiary alicyclic amines) is 1. The lowest BCUT2D eigenvalue weighted by Gasteiger charge is -2.32. The molecule has 0 aromatic carbocycles. The van der Waals surface area contributed by atoms with Crippen molar-refractivity contribution < 1.29 is 14.7 Å². The van der Waals surface area contributed by atoms with E-state index in [1.165, 1.54) is 17.5 Å². The number of rotatable bonds is 4. The Hall–Kier alpha value is -2.22. The number of aryl methyl sites for hydroxylation is 2. The van der Waals surface area contributed by atoms with Gasteiger partial charge in [-0.3, -0.25) is 9.48 Å². The number of aromatic nitrogens is 3. The van der Waals surface area contributed by atoms with Gasteiger partial charge in [0, 0.05) is 13.1 Å². The van der Waals surface area contributed by atoms with E-state index in [1.807, 2.05) is 18.7 Å². The summed E-state index contributed by atoms with van der Waals surface area (Å²) in [6.07, 6.45) is 3.78. The van der Waals surface area contributed by atoms with Gasteiger partial charge in [0.2, 0.25) is 0 Å². The van der Waals surface area contributed by atoms with Crippen LogP contribution < -0.4 is 0 Å². The fraction of sp³-hybridized carbons (Fsp3) is 0.529. The third-order valence-electron chi connectivity index (χ3n) is 4.71. The van der Waals surface area contributed by atoms with Crippen molar-refractivity contribution in [3.63, 3.8) is 0 Å².